The molecule has 2 aromatic carbocycles. The molecule has 2 N–H and O–H groups in total. The summed E-state index contributed by atoms with van der Waals surface area (Å²) in [6.45, 7) is 0. The van der Waals surface area contributed by atoms with Crippen molar-refractivity contribution in [2.24, 2.45) is 0 Å². The predicted octanol–water partition coefficient (Wildman–Crippen LogP) is 3.76. The van der Waals surface area contributed by atoms with Gasteiger partial charge in [0.25, 0.3) is 5.91 Å². The van der Waals surface area contributed by atoms with Crippen LogP contribution in [0.15, 0.2) is 36.4 Å². The van der Waals surface area contributed by atoms with Crippen LogP contribution in [0.2, 0.25) is 0 Å². The number of hydrogen-bond donors (Lipinski definition) is 2. The van der Waals surface area contributed by atoms with Gasteiger partial charge in [0.1, 0.15) is 5.56 Å². The molecule has 0 saturated heterocycles. The molecule has 0 atom stereocenters. The van der Waals surface area contributed by atoms with Gasteiger partial charge in [-0.15, -0.1) is 0 Å². The minimum Gasteiger partial charge on any atom is -0.505 e. The number of carbonyl (C=O) groups is 2. The highest BCUT2D eigenvalue weighted by molar-refractivity contribution is 6.06. The zero-order chi connectivity index (χ0) is 20.1. The largest absolute Gasteiger partial charge is 0.505 e. The van der Waals surface area contributed by atoms with E-state index in [1.54, 1.807) is 24.3 Å². The molecule has 0 bridgehead atoms. The molecular formula is C21H23NO6. The molecule has 0 aromatic heterocycles. The summed E-state index contributed by atoms with van der Waals surface area (Å²) in [5, 5.41) is 12.8. The molecular weight excluding hydrogens is 362 g/mol. The normalized spacial score (nSPS) is 13.8. The summed E-state index contributed by atoms with van der Waals surface area (Å²) >= 11 is 0. The van der Waals surface area contributed by atoms with Crippen LogP contribution in [0.1, 0.15) is 46.4 Å². The van der Waals surface area contributed by atoms with Gasteiger partial charge in [-0.1, -0.05) is 6.07 Å². The summed E-state index contributed by atoms with van der Waals surface area (Å²) in [5.74, 6) is -0.434. The Labute approximate surface area is 163 Å². The van der Waals surface area contributed by atoms with E-state index < -0.39 is 11.9 Å². The molecule has 0 radical (unpaired) electrons. The predicted molar refractivity (Wildman–Crippen MR) is 103 cm³/mol. The number of amides is 1. The molecule has 28 heavy (non-hydrogen) atoms. The Balaban J connectivity index is 1.78. The first kappa shape index (κ1) is 19.5. The average molecular weight is 385 g/mol. The van der Waals surface area contributed by atoms with Crippen molar-refractivity contribution in [3.63, 3.8) is 0 Å². The van der Waals surface area contributed by atoms with Gasteiger partial charge < -0.3 is 24.6 Å². The first-order valence-electron chi connectivity index (χ1n) is 9.09. The van der Waals surface area contributed by atoms with Crippen LogP contribution in [0.25, 0.3) is 0 Å². The zero-order valence-corrected chi connectivity index (χ0v) is 15.9. The summed E-state index contributed by atoms with van der Waals surface area (Å²) in [5.41, 5.74) is 0.412. The molecule has 3 rings (SSSR count). The number of nitrogens with one attached hydrogen (secondary N) is 1. The number of phenolic OH excluding ortho intramolecular Hbond substituents is 1. The second kappa shape index (κ2) is 8.65. The third-order valence-corrected chi connectivity index (χ3v) is 4.71. The van der Waals surface area contributed by atoms with Gasteiger partial charge >= 0.3 is 5.97 Å². The highest BCUT2D eigenvalue weighted by Crippen LogP contribution is 2.33. The van der Waals surface area contributed by atoms with E-state index in [9.17, 15) is 14.7 Å². The van der Waals surface area contributed by atoms with E-state index in [0.717, 1.165) is 25.7 Å². The highest BCUT2D eigenvalue weighted by atomic mass is 16.5. The van der Waals surface area contributed by atoms with Crippen molar-refractivity contribution in [2.45, 2.75) is 31.8 Å². The van der Waals surface area contributed by atoms with E-state index in [1.165, 1.54) is 26.4 Å². The Bertz CT molecular complexity index is 873. The summed E-state index contributed by atoms with van der Waals surface area (Å²) < 4.78 is 16.0. The van der Waals surface area contributed by atoms with E-state index in [1.807, 2.05) is 0 Å². The zero-order valence-electron chi connectivity index (χ0n) is 15.9. The number of esters is 1. The number of para-hydroxylation sites is 1. The minimum atomic E-state index is -0.691. The third kappa shape index (κ3) is 4.19. The van der Waals surface area contributed by atoms with Crippen LogP contribution in [-0.2, 0) is 4.74 Å². The summed E-state index contributed by atoms with van der Waals surface area (Å²) in [7, 11) is 2.73. The van der Waals surface area contributed by atoms with E-state index >= 15 is 0 Å². The Morgan fingerprint density at radius 2 is 1.82 bits per heavy atom. The van der Waals surface area contributed by atoms with Gasteiger partial charge in [-0.2, -0.15) is 0 Å². The van der Waals surface area contributed by atoms with E-state index in [2.05, 4.69) is 10.1 Å². The van der Waals surface area contributed by atoms with E-state index in [0.29, 0.717) is 17.1 Å². The number of methoxy groups -OCH3 is 2. The van der Waals surface area contributed by atoms with Crippen LogP contribution >= 0.6 is 0 Å². The summed E-state index contributed by atoms with van der Waals surface area (Å²) in [4.78, 5) is 24.3. The molecule has 7 nitrogen and oxygen atoms in total. The van der Waals surface area contributed by atoms with Crippen molar-refractivity contribution >= 4 is 17.6 Å². The number of phenols is 1. The standard InChI is InChI=1S/C21H23NO6/c1-26-18-12-13(10-11-17(18)28-14-6-3-4-7-14)20(24)22-16-9-5-8-15(19(16)23)21(25)27-2/h5,8-12,14,23H,3-4,6-7H2,1-2H3,(H,22,24). The number of aromatic hydroxyl groups is 1. The van der Waals surface area contributed by atoms with E-state index in [-0.39, 0.29) is 23.1 Å². The number of rotatable bonds is 6. The lowest BCUT2D eigenvalue weighted by atomic mass is 10.1. The van der Waals surface area contributed by atoms with Gasteiger partial charge in [0, 0.05) is 5.56 Å². The van der Waals surface area contributed by atoms with Gasteiger partial charge in [0.2, 0.25) is 0 Å². The van der Waals surface area contributed by atoms with Crippen LogP contribution < -0.4 is 14.8 Å². The molecule has 148 valence electrons. The Kier molecular flexibility index (Phi) is 6.03. The Morgan fingerprint density at radius 3 is 2.50 bits per heavy atom. The van der Waals surface area contributed by atoms with Crippen LogP contribution in [0, 0.1) is 0 Å². The van der Waals surface area contributed by atoms with E-state index in [4.69, 9.17) is 9.47 Å². The Hall–Kier alpha value is -3.22. The molecule has 1 aliphatic rings. The quantitative estimate of drug-likeness (QED) is 0.581. The SMILES string of the molecule is COC(=O)c1cccc(NC(=O)c2ccc(OC3CCCC3)c(OC)c2)c1O. The molecule has 7 heteroatoms. The van der Waals surface area contributed by atoms with Crippen molar-refractivity contribution < 1.29 is 28.9 Å². The number of benzene rings is 2. The van der Waals surface area contributed by atoms with Gasteiger partial charge in [0.05, 0.1) is 26.0 Å². The molecule has 1 saturated carbocycles. The van der Waals surface area contributed by atoms with Crippen LogP contribution in [-0.4, -0.2) is 37.3 Å². The van der Waals surface area contributed by atoms with Gasteiger partial charge in [0.15, 0.2) is 17.2 Å². The van der Waals surface area contributed by atoms with Crippen LogP contribution in [0.5, 0.6) is 17.2 Å². The molecule has 0 spiro atoms. The molecule has 1 aliphatic carbocycles. The second-order valence-electron chi connectivity index (χ2n) is 6.54. The lowest BCUT2D eigenvalue weighted by Gasteiger charge is -2.16. The maximum absolute atomic E-state index is 12.6. The van der Waals surface area contributed by atoms with Crippen molar-refractivity contribution in [3.8, 4) is 17.2 Å². The lowest BCUT2D eigenvalue weighted by Crippen LogP contribution is -2.14. The monoisotopic (exact) mass is 385 g/mol. The molecule has 0 unspecified atom stereocenters. The molecule has 0 aliphatic heterocycles. The number of ether oxygens (including phenoxy) is 3. The van der Waals surface area contributed by atoms with Gasteiger partial charge in [-0.3, -0.25) is 4.79 Å². The first-order chi connectivity index (χ1) is 13.5. The molecule has 0 heterocycles. The topological polar surface area (TPSA) is 94.1 Å². The fourth-order valence-corrected chi connectivity index (χ4v) is 3.21. The summed E-state index contributed by atoms with van der Waals surface area (Å²) in [6, 6.07) is 9.37. The van der Waals surface area contributed by atoms with Crippen molar-refractivity contribution in [1.82, 2.24) is 0 Å². The smallest absolute Gasteiger partial charge is 0.341 e. The minimum absolute atomic E-state index is 0.0295. The van der Waals surface area contributed by atoms with Crippen molar-refractivity contribution in [1.29, 1.82) is 0 Å². The molecule has 1 amide bonds. The first-order valence-corrected chi connectivity index (χ1v) is 9.09. The fraction of sp³-hybridized carbons (Fsp3) is 0.333. The number of carbonyl (C=O) groups excluding carboxylic acids is 2. The highest BCUT2D eigenvalue weighted by Gasteiger charge is 2.20. The lowest BCUT2D eigenvalue weighted by molar-refractivity contribution is 0.0597. The van der Waals surface area contributed by atoms with Gasteiger partial charge in [-0.05, 0) is 56.0 Å². The number of hydrogen-bond acceptors (Lipinski definition) is 6. The van der Waals surface area contributed by atoms with Crippen LogP contribution in [0.4, 0.5) is 5.69 Å². The van der Waals surface area contributed by atoms with Gasteiger partial charge in [-0.25, -0.2) is 4.79 Å². The van der Waals surface area contributed by atoms with Crippen molar-refractivity contribution in [2.75, 3.05) is 19.5 Å². The average Bonchev–Trinajstić information content (AvgIpc) is 3.22. The maximum Gasteiger partial charge on any atom is 0.341 e. The third-order valence-electron chi connectivity index (χ3n) is 4.71. The van der Waals surface area contributed by atoms with Crippen molar-refractivity contribution in [3.05, 3.63) is 47.5 Å². The van der Waals surface area contributed by atoms with Crippen LogP contribution in [0.3, 0.4) is 0 Å². The maximum atomic E-state index is 12.6. The second-order valence-corrected chi connectivity index (χ2v) is 6.54. The number of anilines is 1. The molecule has 1 fully saturated rings. The summed E-state index contributed by atoms with van der Waals surface area (Å²) in [6.07, 6.45) is 4.51. The Morgan fingerprint density at radius 1 is 1.07 bits per heavy atom. The molecule has 2 aromatic rings. The fourth-order valence-electron chi connectivity index (χ4n) is 3.21.